The molecule has 0 heterocycles. The molecular formula is C18H30ClNO. The minimum absolute atomic E-state index is 0.0870. The highest BCUT2D eigenvalue weighted by Gasteiger charge is 2.18. The molecule has 0 saturated carbocycles. The molecule has 2 nitrogen and oxygen atoms in total. The van der Waals surface area contributed by atoms with Crippen molar-refractivity contribution in [3.05, 3.63) is 34.9 Å². The lowest BCUT2D eigenvalue weighted by molar-refractivity contribution is -0.00639. The summed E-state index contributed by atoms with van der Waals surface area (Å²) in [7, 11) is 0. The molecule has 1 N–H and O–H groups in total. The number of ether oxygens (including phenoxy) is 1. The molecule has 0 bridgehead atoms. The molecule has 21 heavy (non-hydrogen) atoms. The van der Waals surface area contributed by atoms with Crippen LogP contribution >= 0.6 is 11.6 Å². The number of hydrogen-bond donors (Lipinski definition) is 1. The molecule has 1 aromatic rings. The summed E-state index contributed by atoms with van der Waals surface area (Å²) in [6.45, 7) is 14.5. The quantitative estimate of drug-likeness (QED) is 0.796. The van der Waals surface area contributed by atoms with E-state index in [1.165, 1.54) is 5.56 Å². The molecule has 0 saturated heterocycles. The highest BCUT2D eigenvalue weighted by atomic mass is 35.5. The third-order valence-electron chi connectivity index (χ3n) is 3.20. The van der Waals surface area contributed by atoms with Crippen LogP contribution in [0.4, 0.5) is 0 Å². The first-order chi connectivity index (χ1) is 9.57. The Morgan fingerprint density at radius 1 is 1.14 bits per heavy atom. The lowest BCUT2D eigenvalue weighted by Crippen LogP contribution is -2.39. The molecule has 1 aromatic carbocycles. The van der Waals surface area contributed by atoms with Crippen molar-refractivity contribution in [2.24, 2.45) is 0 Å². The van der Waals surface area contributed by atoms with Gasteiger partial charge in [-0.2, -0.15) is 0 Å². The molecule has 0 fully saturated rings. The van der Waals surface area contributed by atoms with Crippen LogP contribution in [0.3, 0.4) is 0 Å². The molecular weight excluding hydrogens is 282 g/mol. The van der Waals surface area contributed by atoms with E-state index < -0.39 is 0 Å². The SMILES string of the molecule is CC(C)(C)NCC(CCOC(C)(C)C)c1cccc(Cl)c1. The molecule has 120 valence electrons. The van der Waals surface area contributed by atoms with E-state index in [0.29, 0.717) is 5.92 Å². The van der Waals surface area contributed by atoms with Gasteiger partial charge in [0.15, 0.2) is 0 Å². The van der Waals surface area contributed by atoms with E-state index in [0.717, 1.165) is 24.6 Å². The Labute approximate surface area is 135 Å². The highest BCUT2D eigenvalue weighted by Crippen LogP contribution is 2.24. The van der Waals surface area contributed by atoms with Crippen molar-refractivity contribution >= 4 is 11.6 Å². The maximum Gasteiger partial charge on any atom is 0.0598 e. The van der Waals surface area contributed by atoms with Crippen molar-refractivity contribution < 1.29 is 4.74 Å². The Kier molecular flexibility index (Phi) is 6.71. The Morgan fingerprint density at radius 3 is 2.33 bits per heavy atom. The van der Waals surface area contributed by atoms with Crippen LogP contribution in [0.5, 0.6) is 0 Å². The third kappa shape index (κ3) is 8.45. The van der Waals surface area contributed by atoms with Crippen LogP contribution in [-0.2, 0) is 4.74 Å². The second kappa shape index (κ2) is 7.62. The van der Waals surface area contributed by atoms with Gasteiger partial charge in [0.2, 0.25) is 0 Å². The minimum Gasteiger partial charge on any atom is -0.376 e. The fourth-order valence-electron chi connectivity index (χ4n) is 2.08. The summed E-state index contributed by atoms with van der Waals surface area (Å²) >= 11 is 6.13. The molecule has 0 amide bonds. The topological polar surface area (TPSA) is 21.3 Å². The molecule has 0 aliphatic rings. The zero-order chi connectivity index (χ0) is 16.1. The van der Waals surface area contributed by atoms with Crippen molar-refractivity contribution in [3.63, 3.8) is 0 Å². The van der Waals surface area contributed by atoms with Crippen LogP contribution in [-0.4, -0.2) is 24.3 Å². The Balaban J connectivity index is 2.70. The Bertz CT molecular complexity index is 432. The van der Waals surface area contributed by atoms with E-state index in [4.69, 9.17) is 16.3 Å². The first-order valence-electron chi connectivity index (χ1n) is 7.71. The Morgan fingerprint density at radius 2 is 1.81 bits per heavy atom. The fourth-order valence-corrected chi connectivity index (χ4v) is 2.28. The molecule has 0 radical (unpaired) electrons. The van der Waals surface area contributed by atoms with Crippen molar-refractivity contribution in [2.45, 2.75) is 65.0 Å². The summed E-state index contributed by atoms with van der Waals surface area (Å²) in [4.78, 5) is 0. The largest absolute Gasteiger partial charge is 0.376 e. The molecule has 0 aliphatic heterocycles. The first-order valence-corrected chi connectivity index (χ1v) is 8.09. The van der Waals surface area contributed by atoms with Crippen molar-refractivity contribution in [1.82, 2.24) is 5.32 Å². The lowest BCUT2D eigenvalue weighted by atomic mass is 9.94. The fraction of sp³-hybridized carbons (Fsp3) is 0.667. The maximum atomic E-state index is 6.13. The lowest BCUT2D eigenvalue weighted by Gasteiger charge is -2.27. The molecule has 0 aromatic heterocycles. The summed E-state index contributed by atoms with van der Waals surface area (Å²) in [5.41, 5.74) is 1.30. The van der Waals surface area contributed by atoms with Gasteiger partial charge >= 0.3 is 0 Å². The van der Waals surface area contributed by atoms with Crippen LogP contribution < -0.4 is 5.32 Å². The number of rotatable bonds is 6. The summed E-state index contributed by atoms with van der Waals surface area (Å²) in [5.74, 6) is 0.408. The maximum absolute atomic E-state index is 6.13. The van der Waals surface area contributed by atoms with Crippen LogP contribution in [0.25, 0.3) is 0 Å². The predicted molar refractivity (Wildman–Crippen MR) is 92.3 cm³/mol. The summed E-state index contributed by atoms with van der Waals surface area (Å²) in [6.07, 6.45) is 0.987. The Hall–Kier alpha value is -0.570. The van der Waals surface area contributed by atoms with Gasteiger partial charge in [0, 0.05) is 23.7 Å². The standard InChI is InChI=1S/C18H30ClNO/c1-17(2,3)20-13-15(10-11-21-18(4,5)6)14-8-7-9-16(19)12-14/h7-9,12,15,20H,10-11,13H2,1-6H3. The van der Waals surface area contributed by atoms with E-state index in [1.54, 1.807) is 0 Å². The average molecular weight is 312 g/mol. The zero-order valence-electron chi connectivity index (χ0n) is 14.3. The number of hydrogen-bond acceptors (Lipinski definition) is 2. The normalized spacial score (nSPS) is 14.2. The molecule has 0 aliphatic carbocycles. The van der Waals surface area contributed by atoms with Gasteiger partial charge in [0.25, 0.3) is 0 Å². The average Bonchev–Trinajstić information content (AvgIpc) is 2.30. The molecule has 1 atom stereocenters. The monoisotopic (exact) mass is 311 g/mol. The van der Waals surface area contributed by atoms with E-state index >= 15 is 0 Å². The minimum atomic E-state index is -0.0870. The van der Waals surface area contributed by atoms with Crippen LogP contribution in [0.1, 0.15) is 59.4 Å². The predicted octanol–water partition coefficient (Wildman–Crippen LogP) is 5.02. The van der Waals surface area contributed by atoms with Gasteiger partial charge in [-0.3, -0.25) is 0 Å². The molecule has 0 spiro atoms. The summed E-state index contributed by atoms with van der Waals surface area (Å²) in [6, 6.07) is 8.16. The van der Waals surface area contributed by atoms with Crippen LogP contribution in [0.2, 0.25) is 5.02 Å². The van der Waals surface area contributed by atoms with Crippen molar-refractivity contribution in [2.75, 3.05) is 13.2 Å². The van der Waals surface area contributed by atoms with Gasteiger partial charge in [-0.15, -0.1) is 0 Å². The van der Waals surface area contributed by atoms with Gasteiger partial charge in [-0.1, -0.05) is 23.7 Å². The van der Waals surface area contributed by atoms with Crippen LogP contribution in [0.15, 0.2) is 24.3 Å². The van der Waals surface area contributed by atoms with Crippen molar-refractivity contribution in [3.8, 4) is 0 Å². The summed E-state index contributed by atoms with van der Waals surface area (Å²) in [5, 5.41) is 4.39. The van der Waals surface area contributed by atoms with Crippen LogP contribution in [0, 0.1) is 0 Å². The van der Waals surface area contributed by atoms with E-state index in [9.17, 15) is 0 Å². The second-order valence-corrected chi connectivity index (χ2v) is 8.07. The van der Waals surface area contributed by atoms with E-state index in [-0.39, 0.29) is 11.1 Å². The van der Waals surface area contributed by atoms with Gasteiger partial charge in [0.1, 0.15) is 0 Å². The first kappa shape index (κ1) is 18.5. The van der Waals surface area contributed by atoms with Gasteiger partial charge in [-0.05, 0) is 71.6 Å². The van der Waals surface area contributed by atoms with Crippen molar-refractivity contribution in [1.29, 1.82) is 0 Å². The smallest absolute Gasteiger partial charge is 0.0598 e. The van der Waals surface area contributed by atoms with Gasteiger partial charge in [-0.25, -0.2) is 0 Å². The number of halogens is 1. The molecule has 1 unspecified atom stereocenters. The third-order valence-corrected chi connectivity index (χ3v) is 3.44. The van der Waals surface area contributed by atoms with E-state index in [1.807, 2.05) is 12.1 Å². The number of nitrogens with one attached hydrogen (secondary N) is 1. The van der Waals surface area contributed by atoms with Gasteiger partial charge in [0.05, 0.1) is 5.60 Å². The summed E-state index contributed by atoms with van der Waals surface area (Å²) < 4.78 is 5.88. The number of benzene rings is 1. The molecule has 1 rings (SSSR count). The van der Waals surface area contributed by atoms with Gasteiger partial charge < -0.3 is 10.1 Å². The zero-order valence-corrected chi connectivity index (χ0v) is 15.1. The van der Waals surface area contributed by atoms with E-state index in [2.05, 4.69) is 59.0 Å². The highest BCUT2D eigenvalue weighted by molar-refractivity contribution is 6.30. The second-order valence-electron chi connectivity index (χ2n) is 7.63. The molecule has 3 heteroatoms.